The molecule has 1 amide bonds. The molecular formula is C11H20N2O2. The van der Waals surface area contributed by atoms with E-state index in [0.29, 0.717) is 18.9 Å². The molecule has 2 atom stereocenters. The van der Waals surface area contributed by atoms with Gasteiger partial charge in [0, 0.05) is 13.0 Å². The summed E-state index contributed by atoms with van der Waals surface area (Å²) in [5, 5.41) is 6.34. The molecule has 2 unspecified atom stereocenters. The summed E-state index contributed by atoms with van der Waals surface area (Å²) in [6, 6.07) is 0.263. The number of hydrogen-bond acceptors (Lipinski definition) is 3. The fourth-order valence-corrected chi connectivity index (χ4v) is 2.24. The lowest BCUT2D eigenvalue weighted by atomic mass is 10.0. The molecule has 4 nitrogen and oxygen atoms in total. The molecule has 2 aliphatic heterocycles. The molecule has 0 aliphatic carbocycles. The van der Waals surface area contributed by atoms with E-state index in [1.165, 1.54) is 6.42 Å². The van der Waals surface area contributed by atoms with E-state index in [-0.39, 0.29) is 11.9 Å². The average molecular weight is 212 g/mol. The molecule has 2 fully saturated rings. The van der Waals surface area contributed by atoms with Crippen LogP contribution in [0.25, 0.3) is 0 Å². The Morgan fingerprint density at radius 3 is 3.07 bits per heavy atom. The molecule has 0 aromatic heterocycles. The molecule has 2 heterocycles. The standard InChI is InChI=1S/C11H20N2O2/c14-11(13-10-4-6-15-8-10)2-1-9-3-5-12-7-9/h9-10,12H,1-8H2,(H,13,14). The molecule has 4 heteroatoms. The highest BCUT2D eigenvalue weighted by molar-refractivity contribution is 5.76. The fourth-order valence-electron chi connectivity index (χ4n) is 2.24. The van der Waals surface area contributed by atoms with Gasteiger partial charge in [-0.1, -0.05) is 0 Å². The number of nitrogens with one attached hydrogen (secondary N) is 2. The molecule has 86 valence electrons. The topological polar surface area (TPSA) is 50.4 Å². The summed E-state index contributed by atoms with van der Waals surface area (Å²) in [5.74, 6) is 0.896. The Morgan fingerprint density at radius 2 is 2.40 bits per heavy atom. The van der Waals surface area contributed by atoms with Crippen LogP contribution < -0.4 is 10.6 Å². The third kappa shape index (κ3) is 3.47. The van der Waals surface area contributed by atoms with Crippen molar-refractivity contribution in [3.8, 4) is 0 Å². The Hall–Kier alpha value is -0.610. The molecule has 0 aromatic rings. The Balaban J connectivity index is 1.59. The second-order valence-electron chi connectivity index (χ2n) is 4.53. The normalized spacial score (nSPS) is 30.7. The molecule has 0 saturated carbocycles. The van der Waals surface area contributed by atoms with Gasteiger partial charge in [0.25, 0.3) is 0 Å². The van der Waals surface area contributed by atoms with E-state index in [2.05, 4.69) is 10.6 Å². The van der Waals surface area contributed by atoms with Gasteiger partial charge >= 0.3 is 0 Å². The summed E-state index contributed by atoms with van der Waals surface area (Å²) in [7, 11) is 0. The van der Waals surface area contributed by atoms with Crippen molar-refractivity contribution in [3.63, 3.8) is 0 Å². The van der Waals surface area contributed by atoms with Gasteiger partial charge in [0.15, 0.2) is 0 Å². The molecule has 2 aliphatic rings. The summed E-state index contributed by atoms with van der Waals surface area (Å²) < 4.78 is 5.21. The molecular weight excluding hydrogens is 192 g/mol. The van der Waals surface area contributed by atoms with Gasteiger partial charge in [0.2, 0.25) is 5.91 Å². The second kappa shape index (κ2) is 5.47. The van der Waals surface area contributed by atoms with E-state index in [4.69, 9.17) is 4.74 Å². The summed E-state index contributed by atoms with van der Waals surface area (Å²) in [6.07, 6.45) is 3.88. The maximum Gasteiger partial charge on any atom is 0.220 e. The van der Waals surface area contributed by atoms with Crippen LogP contribution in [0.3, 0.4) is 0 Å². The van der Waals surface area contributed by atoms with Gasteiger partial charge in [0.05, 0.1) is 12.6 Å². The third-order valence-electron chi connectivity index (χ3n) is 3.24. The first-order valence-corrected chi connectivity index (χ1v) is 5.92. The summed E-state index contributed by atoms with van der Waals surface area (Å²) in [5.41, 5.74) is 0. The van der Waals surface area contributed by atoms with E-state index >= 15 is 0 Å². The minimum absolute atomic E-state index is 0.192. The number of carbonyl (C=O) groups is 1. The predicted molar refractivity (Wildman–Crippen MR) is 57.6 cm³/mol. The summed E-state index contributed by atoms with van der Waals surface area (Å²) in [6.45, 7) is 3.68. The molecule has 0 bridgehead atoms. The van der Waals surface area contributed by atoms with Crippen molar-refractivity contribution in [1.82, 2.24) is 10.6 Å². The average Bonchev–Trinajstić information content (AvgIpc) is 2.86. The van der Waals surface area contributed by atoms with E-state index in [1.807, 2.05) is 0 Å². The van der Waals surface area contributed by atoms with Crippen molar-refractivity contribution in [2.24, 2.45) is 5.92 Å². The lowest BCUT2D eigenvalue weighted by molar-refractivity contribution is -0.122. The van der Waals surface area contributed by atoms with Crippen LogP contribution >= 0.6 is 0 Å². The van der Waals surface area contributed by atoms with Crippen LogP contribution in [0.1, 0.15) is 25.7 Å². The van der Waals surface area contributed by atoms with Crippen molar-refractivity contribution in [1.29, 1.82) is 0 Å². The Kier molecular flexibility index (Phi) is 3.97. The Morgan fingerprint density at radius 1 is 1.47 bits per heavy atom. The zero-order chi connectivity index (χ0) is 10.5. The van der Waals surface area contributed by atoms with Gasteiger partial charge < -0.3 is 15.4 Å². The zero-order valence-corrected chi connectivity index (χ0v) is 9.13. The zero-order valence-electron chi connectivity index (χ0n) is 9.13. The van der Waals surface area contributed by atoms with Gasteiger partial charge in [-0.2, -0.15) is 0 Å². The van der Waals surface area contributed by atoms with Gasteiger partial charge in [-0.05, 0) is 38.3 Å². The van der Waals surface area contributed by atoms with Gasteiger partial charge in [-0.15, -0.1) is 0 Å². The van der Waals surface area contributed by atoms with E-state index < -0.39 is 0 Å². The highest BCUT2D eigenvalue weighted by Crippen LogP contribution is 2.14. The highest BCUT2D eigenvalue weighted by atomic mass is 16.5. The van der Waals surface area contributed by atoms with Crippen molar-refractivity contribution in [3.05, 3.63) is 0 Å². The molecule has 2 rings (SSSR count). The lowest BCUT2D eigenvalue weighted by Crippen LogP contribution is -2.35. The number of ether oxygens (including phenoxy) is 1. The number of carbonyl (C=O) groups excluding carboxylic acids is 1. The van der Waals surface area contributed by atoms with Crippen LogP contribution in [-0.2, 0) is 9.53 Å². The van der Waals surface area contributed by atoms with Crippen molar-refractivity contribution < 1.29 is 9.53 Å². The molecule has 0 aromatic carbocycles. The largest absolute Gasteiger partial charge is 0.379 e. The van der Waals surface area contributed by atoms with Crippen LogP contribution in [0.2, 0.25) is 0 Å². The molecule has 15 heavy (non-hydrogen) atoms. The Bertz CT molecular complexity index is 209. The monoisotopic (exact) mass is 212 g/mol. The third-order valence-corrected chi connectivity index (χ3v) is 3.24. The summed E-state index contributed by atoms with van der Waals surface area (Å²) >= 11 is 0. The maximum absolute atomic E-state index is 11.6. The summed E-state index contributed by atoms with van der Waals surface area (Å²) in [4.78, 5) is 11.6. The first-order chi connectivity index (χ1) is 7.34. The van der Waals surface area contributed by atoms with Crippen LogP contribution in [0.4, 0.5) is 0 Å². The fraction of sp³-hybridized carbons (Fsp3) is 0.909. The first kappa shape index (κ1) is 10.9. The van der Waals surface area contributed by atoms with Crippen LogP contribution in [0, 0.1) is 5.92 Å². The SMILES string of the molecule is O=C(CCC1CCNC1)NC1CCOC1. The van der Waals surface area contributed by atoms with Crippen molar-refractivity contribution in [2.45, 2.75) is 31.7 Å². The molecule has 2 N–H and O–H groups in total. The van der Waals surface area contributed by atoms with Crippen LogP contribution in [0.15, 0.2) is 0 Å². The minimum atomic E-state index is 0.192. The van der Waals surface area contributed by atoms with E-state index in [9.17, 15) is 4.79 Å². The maximum atomic E-state index is 11.6. The van der Waals surface area contributed by atoms with Crippen molar-refractivity contribution >= 4 is 5.91 Å². The second-order valence-corrected chi connectivity index (χ2v) is 4.53. The van der Waals surface area contributed by atoms with Crippen molar-refractivity contribution in [2.75, 3.05) is 26.3 Å². The molecule has 2 saturated heterocycles. The van der Waals surface area contributed by atoms with Gasteiger partial charge in [-0.25, -0.2) is 0 Å². The Labute approximate surface area is 90.8 Å². The van der Waals surface area contributed by atoms with E-state index in [1.54, 1.807) is 0 Å². The van der Waals surface area contributed by atoms with Gasteiger partial charge in [-0.3, -0.25) is 4.79 Å². The van der Waals surface area contributed by atoms with E-state index in [0.717, 1.165) is 32.5 Å². The molecule has 0 radical (unpaired) electrons. The predicted octanol–water partition coefficient (Wildman–Crippen LogP) is 0.281. The first-order valence-electron chi connectivity index (χ1n) is 5.92. The smallest absolute Gasteiger partial charge is 0.220 e. The number of rotatable bonds is 4. The number of hydrogen-bond donors (Lipinski definition) is 2. The lowest BCUT2D eigenvalue weighted by Gasteiger charge is -2.12. The van der Waals surface area contributed by atoms with Gasteiger partial charge in [0.1, 0.15) is 0 Å². The quantitative estimate of drug-likeness (QED) is 0.704. The highest BCUT2D eigenvalue weighted by Gasteiger charge is 2.19. The van der Waals surface area contributed by atoms with Crippen LogP contribution in [0.5, 0.6) is 0 Å². The minimum Gasteiger partial charge on any atom is -0.379 e. The molecule has 0 spiro atoms. The number of amides is 1. The van der Waals surface area contributed by atoms with Crippen LogP contribution in [-0.4, -0.2) is 38.3 Å².